The molecule has 2 atom stereocenters. The molecular weight excluding hydrogens is 345 g/mol. The maximum Gasteiger partial charge on any atom is 0.232 e. The van der Waals surface area contributed by atoms with Crippen LogP contribution < -0.4 is 5.32 Å². The molecule has 2 aromatic rings. The first-order valence-corrected chi connectivity index (χ1v) is 8.18. The highest BCUT2D eigenvalue weighted by Gasteiger charge is 2.32. The molecule has 20 heavy (non-hydrogen) atoms. The minimum absolute atomic E-state index is 0.207. The van der Waals surface area contributed by atoms with Crippen LogP contribution in [0.2, 0.25) is 0 Å². The summed E-state index contributed by atoms with van der Waals surface area (Å²) in [5, 5.41) is 7.25. The number of halogens is 2. The molecule has 0 spiro atoms. The zero-order valence-electron chi connectivity index (χ0n) is 10.8. The molecule has 0 radical (unpaired) electrons. The van der Waals surface area contributed by atoms with Crippen LogP contribution in [0.5, 0.6) is 0 Å². The molecule has 0 aliphatic carbocycles. The third-order valence-electron chi connectivity index (χ3n) is 3.38. The Hall–Kier alpha value is -0.920. The number of nitrogens with zero attached hydrogens (tertiary/aromatic N) is 2. The first-order chi connectivity index (χ1) is 9.69. The number of nitrogens with one attached hydrogen (secondary N) is 1. The van der Waals surface area contributed by atoms with Gasteiger partial charge in [0, 0.05) is 27.6 Å². The molecular formula is C13H13BrFN3OS. The van der Waals surface area contributed by atoms with Crippen LogP contribution in [-0.4, -0.2) is 34.7 Å². The highest BCUT2D eigenvalue weighted by Crippen LogP contribution is 2.34. The quantitative estimate of drug-likeness (QED) is 0.914. The van der Waals surface area contributed by atoms with Crippen LogP contribution >= 0.6 is 27.7 Å². The Morgan fingerprint density at radius 2 is 2.30 bits per heavy atom. The van der Waals surface area contributed by atoms with E-state index < -0.39 is 0 Å². The van der Waals surface area contributed by atoms with Gasteiger partial charge in [0.2, 0.25) is 11.7 Å². The van der Waals surface area contributed by atoms with E-state index in [0.717, 1.165) is 16.0 Å². The standard InChI is InChI=1S/C13H13BrFN3OS/c1-16-11-6-20-5-9(11)13-17-12(18-19-13)8-4-7(15)2-3-10(8)14/h2-4,9,11,16H,5-6H2,1H3. The number of aromatic nitrogens is 2. The smallest absolute Gasteiger partial charge is 0.232 e. The van der Waals surface area contributed by atoms with Crippen molar-refractivity contribution in [3.8, 4) is 11.4 Å². The third-order valence-corrected chi connectivity index (χ3v) is 5.26. The second kappa shape index (κ2) is 5.83. The van der Waals surface area contributed by atoms with Crippen LogP contribution in [0.15, 0.2) is 27.2 Å². The van der Waals surface area contributed by atoms with E-state index in [-0.39, 0.29) is 11.7 Å². The van der Waals surface area contributed by atoms with E-state index in [1.54, 1.807) is 6.07 Å². The molecule has 1 N–H and O–H groups in total. The molecule has 1 fully saturated rings. The van der Waals surface area contributed by atoms with Gasteiger partial charge in [-0.15, -0.1) is 0 Å². The molecule has 0 saturated carbocycles. The van der Waals surface area contributed by atoms with Gasteiger partial charge in [-0.2, -0.15) is 16.7 Å². The molecule has 7 heteroatoms. The Morgan fingerprint density at radius 1 is 1.45 bits per heavy atom. The molecule has 0 amide bonds. The maximum atomic E-state index is 13.3. The van der Waals surface area contributed by atoms with E-state index >= 15 is 0 Å². The zero-order valence-corrected chi connectivity index (χ0v) is 13.2. The largest absolute Gasteiger partial charge is 0.339 e. The first kappa shape index (κ1) is 14.0. The lowest BCUT2D eigenvalue weighted by Gasteiger charge is -2.13. The fraction of sp³-hybridized carbons (Fsp3) is 0.385. The summed E-state index contributed by atoms with van der Waals surface area (Å²) >= 11 is 5.24. The zero-order chi connectivity index (χ0) is 14.1. The summed E-state index contributed by atoms with van der Waals surface area (Å²) in [7, 11) is 1.93. The van der Waals surface area contributed by atoms with E-state index in [9.17, 15) is 4.39 Å². The molecule has 1 aromatic heterocycles. The molecule has 1 aliphatic rings. The Kier molecular flexibility index (Phi) is 4.09. The topological polar surface area (TPSA) is 51.0 Å². The van der Waals surface area contributed by atoms with Gasteiger partial charge in [-0.25, -0.2) is 4.39 Å². The second-order valence-electron chi connectivity index (χ2n) is 4.62. The number of likely N-dealkylation sites (N-methyl/N-ethyl adjacent to an activating group) is 1. The van der Waals surface area contributed by atoms with Crippen molar-refractivity contribution in [2.75, 3.05) is 18.6 Å². The maximum absolute atomic E-state index is 13.3. The molecule has 1 aromatic carbocycles. The lowest BCUT2D eigenvalue weighted by atomic mass is 10.0. The molecule has 106 valence electrons. The summed E-state index contributed by atoms with van der Waals surface area (Å²) in [4.78, 5) is 4.43. The molecule has 1 aliphatic heterocycles. The highest BCUT2D eigenvalue weighted by molar-refractivity contribution is 9.10. The summed E-state index contributed by atoms with van der Waals surface area (Å²) < 4.78 is 19.5. The van der Waals surface area contributed by atoms with Gasteiger partial charge in [0.1, 0.15) is 5.82 Å². The second-order valence-corrected chi connectivity index (χ2v) is 6.55. The SMILES string of the molecule is CNC1CSCC1c1nc(-c2cc(F)ccc2Br)no1. The van der Waals surface area contributed by atoms with Gasteiger partial charge in [-0.05, 0) is 25.2 Å². The van der Waals surface area contributed by atoms with Crippen LogP contribution in [0.1, 0.15) is 11.8 Å². The molecule has 0 bridgehead atoms. The predicted molar refractivity (Wildman–Crippen MR) is 80.3 cm³/mol. The Balaban J connectivity index is 1.92. The van der Waals surface area contributed by atoms with Crippen LogP contribution in [0, 0.1) is 5.82 Å². The summed E-state index contributed by atoms with van der Waals surface area (Å²) in [6.45, 7) is 0. The average molecular weight is 358 g/mol. The van der Waals surface area contributed by atoms with E-state index in [0.29, 0.717) is 23.3 Å². The Bertz CT molecular complexity index is 621. The third kappa shape index (κ3) is 2.62. The first-order valence-electron chi connectivity index (χ1n) is 6.23. The minimum Gasteiger partial charge on any atom is -0.339 e. The summed E-state index contributed by atoms with van der Waals surface area (Å²) in [5.41, 5.74) is 0.603. The fourth-order valence-electron chi connectivity index (χ4n) is 2.25. The van der Waals surface area contributed by atoms with Gasteiger partial charge in [0.15, 0.2) is 0 Å². The van der Waals surface area contributed by atoms with Gasteiger partial charge in [-0.1, -0.05) is 21.1 Å². The van der Waals surface area contributed by atoms with Crippen molar-refractivity contribution >= 4 is 27.7 Å². The van der Waals surface area contributed by atoms with Crippen molar-refractivity contribution in [3.05, 3.63) is 34.4 Å². The van der Waals surface area contributed by atoms with E-state index in [1.807, 2.05) is 18.8 Å². The summed E-state index contributed by atoms with van der Waals surface area (Å²) in [6, 6.07) is 4.77. The number of benzene rings is 1. The monoisotopic (exact) mass is 357 g/mol. The summed E-state index contributed by atoms with van der Waals surface area (Å²) in [5.74, 6) is 2.90. The molecule has 1 saturated heterocycles. The number of thioether (sulfide) groups is 1. The van der Waals surface area contributed by atoms with Crippen LogP contribution in [-0.2, 0) is 0 Å². The molecule has 3 rings (SSSR count). The van der Waals surface area contributed by atoms with Crippen LogP contribution in [0.3, 0.4) is 0 Å². The van der Waals surface area contributed by atoms with Crippen molar-refractivity contribution in [3.63, 3.8) is 0 Å². The summed E-state index contributed by atoms with van der Waals surface area (Å²) in [6.07, 6.45) is 0. The van der Waals surface area contributed by atoms with Crippen molar-refractivity contribution in [1.29, 1.82) is 0 Å². The van der Waals surface area contributed by atoms with Crippen LogP contribution in [0.25, 0.3) is 11.4 Å². The number of hydrogen-bond donors (Lipinski definition) is 1. The van der Waals surface area contributed by atoms with Gasteiger partial charge < -0.3 is 9.84 Å². The van der Waals surface area contributed by atoms with Crippen molar-refractivity contribution < 1.29 is 8.91 Å². The molecule has 2 unspecified atom stereocenters. The number of rotatable bonds is 3. The van der Waals surface area contributed by atoms with E-state index in [2.05, 4.69) is 31.4 Å². The number of hydrogen-bond acceptors (Lipinski definition) is 5. The van der Waals surface area contributed by atoms with E-state index in [1.165, 1.54) is 12.1 Å². The van der Waals surface area contributed by atoms with E-state index in [4.69, 9.17) is 4.52 Å². The van der Waals surface area contributed by atoms with Crippen molar-refractivity contribution in [2.45, 2.75) is 12.0 Å². The Morgan fingerprint density at radius 3 is 3.10 bits per heavy atom. The lowest BCUT2D eigenvalue weighted by Crippen LogP contribution is -2.31. The van der Waals surface area contributed by atoms with Gasteiger partial charge in [0.05, 0.1) is 5.92 Å². The normalized spacial score (nSPS) is 22.4. The van der Waals surface area contributed by atoms with Crippen molar-refractivity contribution in [1.82, 2.24) is 15.5 Å². The molecule has 4 nitrogen and oxygen atoms in total. The van der Waals surface area contributed by atoms with Gasteiger partial charge in [0.25, 0.3) is 0 Å². The lowest BCUT2D eigenvalue weighted by molar-refractivity contribution is 0.344. The molecule has 2 heterocycles. The van der Waals surface area contributed by atoms with Gasteiger partial charge >= 0.3 is 0 Å². The average Bonchev–Trinajstić information content (AvgIpc) is 3.08. The van der Waals surface area contributed by atoms with Crippen molar-refractivity contribution in [2.24, 2.45) is 0 Å². The fourth-order valence-corrected chi connectivity index (χ4v) is 4.09. The minimum atomic E-state index is -0.320. The highest BCUT2D eigenvalue weighted by atomic mass is 79.9. The van der Waals surface area contributed by atoms with Gasteiger partial charge in [-0.3, -0.25) is 0 Å². The van der Waals surface area contributed by atoms with Crippen LogP contribution in [0.4, 0.5) is 4.39 Å². The predicted octanol–water partition coefficient (Wildman–Crippen LogP) is 3.06. The Labute approximate surface area is 128 Å².